The van der Waals surface area contributed by atoms with E-state index in [1.165, 1.54) is 18.4 Å². The maximum absolute atomic E-state index is 9.75. The van der Waals surface area contributed by atoms with E-state index in [2.05, 4.69) is 29.6 Å². The van der Waals surface area contributed by atoms with Gasteiger partial charge in [-0.3, -0.25) is 0 Å². The van der Waals surface area contributed by atoms with Crippen molar-refractivity contribution in [3.8, 4) is 0 Å². The Balaban J connectivity index is 2.01. The molecule has 1 saturated carbocycles. The van der Waals surface area contributed by atoms with E-state index in [4.69, 9.17) is 0 Å². The number of hydrogen-bond donors (Lipinski definition) is 2. The second-order valence-electron chi connectivity index (χ2n) is 5.42. The minimum absolute atomic E-state index is 0.410. The molecule has 0 aliphatic heterocycles. The first-order chi connectivity index (χ1) is 7.56. The fraction of sp³-hybridized carbons (Fsp3) is 0.571. The van der Waals surface area contributed by atoms with Crippen LogP contribution in [-0.2, 0) is 0 Å². The van der Waals surface area contributed by atoms with E-state index < -0.39 is 5.60 Å². The summed E-state index contributed by atoms with van der Waals surface area (Å²) in [5.74, 6) is 0.754. The van der Waals surface area contributed by atoms with Gasteiger partial charge in [0.05, 0.1) is 5.60 Å². The highest BCUT2D eigenvalue weighted by Crippen LogP contribution is 2.40. The summed E-state index contributed by atoms with van der Waals surface area (Å²) in [6.45, 7) is 4.33. The van der Waals surface area contributed by atoms with Crippen LogP contribution >= 0.6 is 0 Å². The predicted octanol–water partition coefficient (Wildman–Crippen LogP) is 2.50. The Labute approximate surface area is 97.7 Å². The van der Waals surface area contributed by atoms with Crippen LogP contribution in [0, 0.1) is 5.92 Å². The molecule has 0 amide bonds. The van der Waals surface area contributed by atoms with Gasteiger partial charge in [-0.2, -0.15) is 0 Å². The number of nitrogens with one attached hydrogen (secondary N) is 1. The summed E-state index contributed by atoms with van der Waals surface area (Å²) in [5.41, 5.74) is 0.705. The average molecular weight is 219 g/mol. The van der Waals surface area contributed by atoms with Crippen LogP contribution in [0.5, 0.6) is 0 Å². The van der Waals surface area contributed by atoms with Crippen molar-refractivity contribution >= 4 is 0 Å². The molecule has 1 atom stereocenters. The summed E-state index contributed by atoms with van der Waals surface area (Å²) in [6, 6.07) is 10.9. The Morgan fingerprint density at radius 1 is 1.31 bits per heavy atom. The number of hydrogen-bond acceptors (Lipinski definition) is 2. The smallest absolute Gasteiger partial charge is 0.0715 e. The third-order valence-electron chi connectivity index (χ3n) is 3.01. The Bertz CT molecular complexity index is 324. The van der Waals surface area contributed by atoms with Gasteiger partial charge >= 0.3 is 0 Å². The van der Waals surface area contributed by atoms with E-state index in [-0.39, 0.29) is 0 Å². The molecule has 0 saturated heterocycles. The molecule has 2 heteroatoms. The summed E-state index contributed by atoms with van der Waals surface area (Å²) in [5, 5.41) is 13.2. The van der Waals surface area contributed by atoms with E-state index >= 15 is 0 Å². The highest BCUT2D eigenvalue weighted by Gasteiger charge is 2.32. The summed E-state index contributed by atoms with van der Waals surface area (Å²) < 4.78 is 0. The third kappa shape index (κ3) is 3.32. The maximum Gasteiger partial charge on any atom is 0.0715 e. The Morgan fingerprint density at radius 3 is 2.44 bits per heavy atom. The maximum atomic E-state index is 9.75. The van der Waals surface area contributed by atoms with E-state index in [0.717, 1.165) is 5.92 Å². The Morgan fingerprint density at radius 2 is 1.94 bits per heavy atom. The highest BCUT2D eigenvalue weighted by molar-refractivity contribution is 5.21. The van der Waals surface area contributed by atoms with Crippen LogP contribution in [0.15, 0.2) is 30.3 Å². The van der Waals surface area contributed by atoms with Gasteiger partial charge in [-0.1, -0.05) is 30.3 Å². The molecule has 1 fully saturated rings. The van der Waals surface area contributed by atoms with Crippen LogP contribution in [0.2, 0.25) is 0 Å². The van der Waals surface area contributed by atoms with Crippen LogP contribution < -0.4 is 5.32 Å². The van der Waals surface area contributed by atoms with Gasteiger partial charge in [0.1, 0.15) is 0 Å². The lowest BCUT2D eigenvalue weighted by atomic mass is 10.0. The molecule has 1 aromatic rings. The molecule has 2 N–H and O–H groups in total. The van der Waals surface area contributed by atoms with Crippen molar-refractivity contribution in [2.24, 2.45) is 5.92 Å². The predicted molar refractivity (Wildman–Crippen MR) is 66.2 cm³/mol. The molecule has 1 aliphatic carbocycles. The van der Waals surface area contributed by atoms with Crippen molar-refractivity contribution in [1.82, 2.24) is 5.32 Å². The molecular formula is C14H21NO. The third-order valence-corrected chi connectivity index (χ3v) is 3.01. The molecule has 0 spiro atoms. The van der Waals surface area contributed by atoms with Crippen LogP contribution in [0.3, 0.4) is 0 Å². The van der Waals surface area contributed by atoms with Crippen molar-refractivity contribution in [3.05, 3.63) is 35.9 Å². The topological polar surface area (TPSA) is 32.3 Å². The number of aliphatic hydroxyl groups is 1. The number of rotatable bonds is 5. The van der Waals surface area contributed by atoms with Gasteiger partial charge in [-0.25, -0.2) is 0 Å². The zero-order valence-electron chi connectivity index (χ0n) is 10.1. The van der Waals surface area contributed by atoms with E-state index in [0.29, 0.717) is 12.6 Å². The van der Waals surface area contributed by atoms with Gasteiger partial charge in [0.2, 0.25) is 0 Å². The molecule has 1 unspecified atom stereocenters. The van der Waals surface area contributed by atoms with Gasteiger partial charge in [0.25, 0.3) is 0 Å². The summed E-state index contributed by atoms with van der Waals surface area (Å²) in [6.07, 6.45) is 2.61. The molecule has 0 radical (unpaired) electrons. The van der Waals surface area contributed by atoms with Crippen LogP contribution in [-0.4, -0.2) is 17.3 Å². The first kappa shape index (κ1) is 11.6. The van der Waals surface area contributed by atoms with Crippen LogP contribution in [0.25, 0.3) is 0 Å². The lowest BCUT2D eigenvalue weighted by Crippen LogP contribution is -2.37. The normalized spacial score (nSPS) is 18.4. The van der Waals surface area contributed by atoms with Crippen molar-refractivity contribution < 1.29 is 5.11 Å². The fourth-order valence-electron chi connectivity index (χ4n) is 2.01. The second kappa shape index (κ2) is 4.56. The second-order valence-corrected chi connectivity index (χ2v) is 5.42. The van der Waals surface area contributed by atoms with Gasteiger partial charge in [-0.05, 0) is 38.2 Å². The molecule has 1 aromatic carbocycles. The van der Waals surface area contributed by atoms with Crippen molar-refractivity contribution in [2.45, 2.75) is 38.3 Å². The Kier molecular flexibility index (Phi) is 3.31. The summed E-state index contributed by atoms with van der Waals surface area (Å²) in [4.78, 5) is 0. The quantitative estimate of drug-likeness (QED) is 0.797. The molecular weight excluding hydrogens is 198 g/mol. The van der Waals surface area contributed by atoms with Gasteiger partial charge in [0, 0.05) is 12.6 Å². The van der Waals surface area contributed by atoms with Crippen LogP contribution in [0.1, 0.15) is 38.3 Å². The van der Waals surface area contributed by atoms with Crippen molar-refractivity contribution in [3.63, 3.8) is 0 Å². The standard InChI is InChI=1S/C14H21NO/c1-14(2,16)10-15-13(12-8-9-12)11-6-4-3-5-7-11/h3-7,12-13,15-16H,8-10H2,1-2H3. The largest absolute Gasteiger partial charge is 0.389 e. The zero-order chi connectivity index (χ0) is 11.6. The van der Waals surface area contributed by atoms with Gasteiger partial charge < -0.3 is 10.4 Å². The van der Waals surface area contributed by atoms with E-state index in [1.807, 2.05) is 19.9 Å². The SMILES string of the molecule is CC(C)(O)CNC(c1ccccc1)C1CC1. The van der Waals surface area contributed by atoms with E-state index in [9.17, 15) is 5.11 Å². The summed E-state index contributed by atoms with van der Waals surface area (Å²) in [7, 11) is 0. The fourth-order valence-corrected chi connectivity index (χ4v) is 2.01. The first-order valence-electron chi connectivity index (χ1n) is 6.07. The Hall–Kier alpha value is -0.860. The molecule has 0 aromatic heterocycles. The van der Waals surface area contributed by atoms with Gasteiger partial charge in [0.15, 0.2) is 0 Å². The molecule has 0 heterocycles. The summed E-state index contributed by atoms with van der Waals surface area (Å²) >= 11 is 0. The van der Waals surface area contributed by atoms with Crippen molar-refractivity contribution in [1.29, 1.82) is 0 Å². The number of benzene rings is 1. The molecule has 1 aliphatic rings. The molecule has 88 valence electrons. The van der Waals surface area contributed by atoms with Crippen molar-refractivity contribution in [2.75, 3.05) is 6.54 Å². The van der Waals surface area contributed by atoms with Gasteiger partial charge in [-0.15, -0.1) is 0 Å². The monoisotopic (exact) mass is 219 g/mol. The first-order valence-corrected chi connectivity index (χ1v) is 6.07. The lowest BCUT2D eigenvalue weighted by molar-refractivity contribution is 0.0754. The minimum atomic E-state index is -0.637. The van der Waals surface area contributed by atoms with Crippen LogP contribution in [0.4, 0.5) is 0 Å². The average Bonchev–Trinajstić information content (AvgIpc) is 3.02. The highest BCUT2D eigenvalue weighted by atomic mass is 16.3. The molecule has 16 heavy (non-hydrogen) atoms. The molecule has 2 rings (SSSR count). The molecule has 0 bridgehead atoms. The van der Waals surface area contributed by atoms with E-state index in [1.54, 1.807) is 0 Å². The lowest BCUT2D eigenvalue weighted by Gasteiger charge is -2.24. The zero-order valence-corrected chi connectivity index (χ0v) is 10.1. The minimum Gasteiger partial charge on any atom is -0.389 e. The molecule has 2 nitrogen and oxygen atoms in total.